The van der Waals surface area contributed by atoms with Crippen molar-refractivity contribution in [3.8, 4) is 0 Å². The molecule has 0 aliphatic carbocycles. The van der Waals surface area contributed by atoms with Gasteiger partial charge in [-0.3, -0.25) is 4.79 Å². The van der Waals surface area contributed by atoms with Crippen molar-refractivity contribution < 1.29 is 28.6 Å². The second-order valence-corrected chi connectivity index (χ2v) is 8.79. The zero-order valence-corrected chi connectivity index (χ0v) is 23.2. The van der Waals surface area contributed by atoms with Crippen molar-refractivity contribution in [2.75, 3.05) is 38.1 Å². The minimum Gasteiger partial charge on any atom is -0.469 e. The van der Waals surface area contributed by atoms with Crippen LogP contribution in [0, 0.1) is 5.92 Å². The first-order valence-corrected chi connectivity index (χ1v) is 13.3. The van der Waals surface area contributed by atoms with Gasteiger partial charge in [0.2, 0.25) is 0 Å². The number of rotatable bonds is 7. The Morgan fingerprint density at radius 1 is 1.07 bits per heavy atom. The van der Waals surface area contributed by atoms with E-state index in [4.69, 9.17) is 9.47 Å². The summed E-state index contributed by atoms with van der Waals surface area (Å²) in [7, 11) is 2.71. The van der Waals surface area contributed by atoms with E-state index >= 15 is 0 Å². The molecule has 0 saturated carbocycles. The van der Waals surface area contributed by atoms with Crippen LogP contribution in [-0.4, -0.2) is 86.6 Å². The van der Waals surface area contributed by atoms with Crippen LogP contribution in [0.15, 0.2) is 28.7 Å². The molecule has 1 aromatic rings. The van der Waals surface area contributed by atoms with Crippen LogP contribution in [-0.2, 0) is 28.6 Å². The van der Waals surface area contributed by atoms with Gasteiger partial charge in [-0.15, -0.1) is 0 Å². The van der Waals surface area contributed by atoms with Crippen molar-refractivity contribution in [2.24, 2.45) is 5.92 Å². The van der Waals surface area contributed by atoms with E-state index in [1.165, 1.54) is 21.1 Å². The largest absolute Gasteiger partial charge is 0.469 e. The maximum atomic E-state index is 13.3. The van der Waals surface area contributed by atoms with E-state index in [9.17, 15) is 14.4 Å². The molecular weight excluding hydrogens is 649 g/mol. The summed E-state index contributed by atoms with van der Waals surface area (Å²) >= 11 is 4.31. The zero-order valence-electron chi connectivity index (χ0n) is 17.7. The van der Waals surface area contributed by atoms with Crippen LogP contribution in [0.5, 0.6) is 0 Å². The van der Waals surface area contributed by atoms with Gasteiger partial charge in [-0.05, 0) is 0 Å². The average Bonchev–Trinajstić information content (AvgIpc) is 2.77. The van der Waals surface area contributed by atoms with Crippen molar-refractivity contribution in [3.05, 3.63) is 34.3 Å². The van der Waals surface area contributed by atoms with Gasteiger partial charge in [0.15, 0.2) is 0 Å². The van der Waals surface area contributed by atoms with E-state index in [1.807, 2.05) is 29.2 Å². The Hall–Kier alpha value is -1.01. The number of ether oxygens (including phenoxy) is 3. The molecule has 30 heavy (non-hydrogen) atoms. The summed E-state index contributed by atoms with van der Waals surface area (Å²) in [6.07, 6.45) is 3.17. The predicted molar refractivity (Wildman–Crippen MR) is 117 cm³/mol. The number of benzene rings is 1. The number of carbonyl (C=O) groups is 3. The number of esters is 2. The number of methoxy groups -OCH3 is 2. The van der Waals surface area contributed by atoms with Gasteiger partial charge in [0, 0.05) is 6.92 Å². The Morgan fingerprint density at radius 3 is 2.10 bits per heavy atom. The van der Waals surface area contributed by atoms with Gasteiger partial charge in [-0.2, -0.15) is 0 Å². The molecule has 0 bridgehead atoms. The van der Waals surface area contributed by atoms with Crippen LogP contribution in [0.25, 0.3) is 0 Å². The summed E-state index contributed by atoms with van der Waals surface area (Å²) in [5.41, 5.74) is 0.825. The van der Waals surface area contributed by atoms with Crippen molar-refractivity contribution in [1.82, 2.24) is 4.90 Å². The summed E-state index contributed by atoms with van der Waals surface area (Å²) in [4.78, 5) is 37.2. The third kappa shape index (κ3) is 9.01. The molecule has 3 radical (unpaired) electrons. The summed E-state index contributed by atoms with van der Waals surface area (Å²) < 4.78 is 16.2. The van der Waals surface area contributed by atoms with Crippen LogP contribution >= 0.6 is 15.9 Å². The number of likely N-dealkylation sites (tertiary alicyclic amines) is 1. The third-order valence-electron chi connectivity index (χ3n) is 4.76. The molecule has 1 aromatic carbocycles. The first-order valence-electron chi connectivity index (χ1n) is 9.74. The van der Waals surface area contributed by atoms with Crippen LogP contribution in [0.1, 0.15) is 37.7 Å². The zero-order chi connectivity index (χ0) is 22.5. The smallest absolute Gasteiger partial charge is 0.302 e. The topological polar surface area (TPSA) is 82.1 Å². The number of carbonyl (C=O) groups excluding carboxylic acids is 3. The Labute approximate surface area is 202 Å². The maximum absolute atomic E-state index is 13.3. The predicted octanol–water partition coefficient (Wildman–Crippen LogP) is 2.66. The van der Waals surface area contributed by atoms with Crippen LogP contribution in [0.3, 0.4) is 0 Å². The number of hydrogen-bond acceptors (Lipinski definition) is 6. The fourth-order valence-corrected chi connectivity index (χ4v) is 3.89. The van der Waals surface area contributed by atoms with Gasteiger partial charge in [0.25, 0.3) is 0 Å². The molecule has 2 rings (SSSR count). The molecule has 2 atom stereocenters. The molecule has 0 spiro atoms. The van der Waals surface area contributed by atoms with E-state index in [2.05, 4.69) is 20.7 Å². The van der Waals surface area contributed by atoms with Crippen molar-refractivity contribution >= 4 is 59.5 Å². The quantitative estimate of drug-likeness (QED) is 0.326. The number of hydrogen-bond donors (Lipinski definition) is 0. The van der Waals surface area contributed by atoms with Gasteiger partial charge in [-0.25, -0.2) is 0 Å². The molecule has 1 aliphatic rings. The Balaban J connectivity index is 0.000000804. The van der Waals surface area contributed by atoms with E-state index in [0.717, 1.165) is 68.2 Å². The first kappa shape index (κ1) is 27.0. The van der Waals surface area contributed by atoms with Crippen LogP contribution < -0.4 is 0 Å². The van der Waals surface area contributed by atoms with E-state index in [-0.39, 0.29) is 18.5 Å². The molecule has 1 heterocycles. The van der Waals surface area contributed by atoms with Crippen molar-refractivity contribution in [3.63, 3.8) is 0 Å². The molecule has 165 valence electrons. The monoisotopic (exact) mass is 678 g/mol. The number of amides is 1. The fraction of sp³-hybridized carbons (Fsp3) is 0.571. The molecule has 1 saturated heterocycles. The van der Waals surface area contributed by atoms with E-state index in [1.54, 1.807) is 0 Å². The van der Waals surface area contributed by atoms with Crippen molar-refractivity contribution in [1.29, 1.82) is 0 Å². The third-order valence-corrected chi connectivity index (χ3v) is 6.08. The van der Waals surface area contributed by atoms with Gasteiger partial charge >= 0.3 is 180 Å². The normalized spacial score (nSPS) is 15.3. The summed E-state index contributed by atoms with van der Waals surface area (Å²) in [5, 5.41) is 0. The van der Waals surface area contributed by atoms with Gasteiger partial charge in [0.1, 0.15) is 0 Å². The van der Waals surface area contributed by atoms with Gasteiger partial charge in [0.05, 0.1) is 7.11 Å². The minimum atomic E-state index is -0.630. The molecule has 0 aromatic heterocycles. The SMILES string of the molecule is COC(=O)C(CO[CH2][Pb])C(C(=O)N1CCCCC1)c1ccc(Br)cc1.COC(C)=O. The number of piperidine rings is 1. The standard InChI is InChI=1S/C18H23BrNO4.C3H6O2.Pb/c1-23-12-15(18(22)24-2)16(13-6-8-14(19)9-7-13)17(21)20-10-4-3-5-11-20;1-3(4)5-2;/h6-9,15-16H,1,3-5,10-12H2,2H3;1-2H3;. The van der Waals surface area contributed by atoms with Gasteiger partial charge in [-0.1, -0.05) is 0 Å². The Kier molecular flexibility index (Phi) is 13.4. The van der Waals surface area contributed by atoms with E-state index < -0.39 is 17.8 Å². The van der Waals surface area contributed by atoms with Crippen LogP contribution in [0.4, 0.5) is 0 Å². The Morgan fingerprint density at radius 2 is 1.63 bits per heavy atom. The number of halogens is 1. The summed E-state index contributed by atoms with van der Waals surface area (Å²) in [5.74, 6) is -1.85. The van der Waals surface area contributed by atoms with Crippen LogP contribution in [0.2, 0.25) is 0 Å². The summed E-state index contributed by atoms with van der Waals surface area (Å²) in [6, 6.07) is 7.59. The summed E-state index contributed by atoms with van der Waals surface area (Å²) in [6.45, 7) is 3.07. The molecule has 7 nitrogen and oxygen atoms in total. The number of nitrogens with zero attached hydrogens (tertiary/aromatic N) is 1. The molecule has 1 fully saturated rings. The molecule has 1 amide bonds. The molecule has 0 N–H and O–H groups in total. The Bertz CT molecular complexity index is 679. The fourth-order valence-electron chi connectivity index (χ4n) is 3.17. The molecule has 1 aliphatic heterocycles. The maximum Gasteiger partial charge on any atom is 0.302 e. The molecule has 9 heteroatoms. The van der Waals surface area contributed by atoms with E-state index in [0.29, 0.717) is 4.17 Å². The second-order valence-electron chi connectivity index (χ2n) is 6.76. The first-order chi connectivity index (χ1) is 14.3. The van der Waals surface area contributed by atoms with Crippen molar-refractivity contribution in [2.45, 2.75) is 32.1 Å². The average molecular weight is 679 g/mol. The minimum absolute atomic E-state index is 0.00521. The molecular formula is C21H29BrNO6Pb. The second kappa shape index (κ2) is 14.9. The van der Waals surface area contributed by atoms with Gasteiger partial charge < -0.3 is 4.74 Å². The molecule has 2 unspecified atom stereocenters.